The third kappa shape index (κ3) is 6.74. The Labute approximate surface area is 197 Å². The number of rotatable bonds is 8. The molecule has 2 aromatic carbocycles. The molecule has 1 aliphatic rings. The van der Waals surface area contributed by atoms with Crippen LogP contribution in [0.25, 0.3) is 0 Å². The van der Waals surface area contributed by atoms with E-state index in [4.69, 9.17) is 11.6 Å². The highest BCUT2D eigenvalue weighted by Gasteiger charge is 2.17. The van der Waals surface area contributed by atoms with Crippen LogP contribution in [0.4, 0.5) is 5.69 Å². The van der Waals surface area contributed by atoms with Crippen LogP contribution < -0.4 is 16.0 Å². The fourth-order valence-corrected chi connectivity index (χ4v) is 4.82. The summed E-state index contributed by atoms with van der Waals surface area (Å²) in [6, 6.07) is 11.9. The average Bonchev–Trinajstić information content (AvgIpc) is 2.83. The number of benzene rings is 2. The molecule has 0 bridgehead atoms. The van der Waals surface area contributed by atoms with Crippen molar-refractivity contribution in [2.75, 3.05) is 24.7 Å². The van der Waals surface area contributed by atoms with Crippen LogP contribution in [0.5, 0.6) is 0 Å². The number of nitrogens with one attached hydrogen (secondary N) is 3. The van der Waals surface area contributed by atoms with Gasteiger partial charge in [-0.05, 0) is 49.1 Å². The molecule has 0 heterocycles. The molecular formula is C24H28ClN3O3S. The van der Waals surface area contributed by atoms with Crippen molar-refractivity contribution in [1.82, 2.24) is 10.6 Å². The maximum atomic E-state index is 12.9. The first kappa shape index (κ1) is 24.1. The summed E-state index contributed by atoms with van der Waals surface area (Å²) in [6.07, 6.45) is 6.15. The van der Waals surface area contributed by atoms with E-state index in [0.717, 1.165) is 11.4 Å². The molecule has 6 nitrogen and oxygen atoms in total. The fraction of sp³-hybridized carbons (Fsp3) is 0.375. The van der Waals surface area contributed by atoms with Gasteiger partial charge in [-0.1, -0.05) is 43.0 Å². The molecule has 0 unspecified atom stereocenters. The van der Waals surface area contributed by atoms with Crippen molar-refractivity contribution in [3.05, 3.63) is 58.6 Å². The van der Waals surface area contributed by atoms with E-state index in [1.165, 1.54) is 57.0 Å². The minimum Gasteiger partial charge on any atom is -0.355 e. The van der Waals surface area contributed by atoms with Crippen LogP contribution in [-0.2, 0) is 4.79 Å². The molecular weight excluding hydrogens is 446 g/mol. The minimum atomic E-state index is -0.332. The van der Waals surface area contributed by atoms with Crippen LogP contribution in [0.3, 0.4) is 0 Å². The van der Waals surface area contributed by atoms with Gasteiger partial charge < -0.3 is 16.0 Å². The van der Waals surface area contributed by atoms with Gasteiger partial charge in [0.25, 0.3) is 11.8 Å². The van der Waals surface area contributed by atoms with Gasteiger partial charge in [0.05, 0.1) is 21.9 Å². The lowest BCUT2D eigenvalue weighted by Gasteiger charge is -2.21. The zero-order valence-electron chi connectivity index (χ0n) is 18.1. The second-order valence-electron chi connectivity index (χ2n) is 7.82. The quantitative estimate of drug-likeness (QED) is 0.483. The second kappa shape index (κ2) is 11.9. The summed E-state index contributed by atoms with van der Waals surface area (Å²) in [5, 5.41) is 8.67. The molecule has 0 atom stereocenters. The van der Waals surface area contributed by atoms with Crippen molar-refractivity contribution in [1.29, 1.82) is 0 Å². The summed E-state index contributed by atoms with van der Waals surface area (Å²) in [5.74, 6) is 0.152. The molecule has 0 spiro atoms. The van der Waals surface area contributed by atoms with Crippen molar-refractivity contribution in [3.63, 3.8) is 0 Å². The Morgan fingerprint density at radius 1 is 1.00 bits per heavy atom. The van der Waals surface area contributed by atoms with E-state index >= 15 is 0 Å². The van der Waals surface area contributed by atoms with Crippen molar-refractivity contribution in [3.8, 4) is 0 Å². The Bertz CT molecular complexity index is 977. The molecule has 170 valence electrons. The zero-order valence-corrected chi connectivity index (χ0v) is 19.7. The molecule has 3 rings (SSSR count). The first-order valence-corrected chi connectivity index (χ1v) is 12.2. The number of carbonyl (C=O) groups is 3. The molecule has 0 radical (unpaired) electrons. The van der Waals surface area contributed by atoms with Gasteiger partial charge in [-0.15, -0.1) is 11.8 Å². The van der Waals surface area contributed by atoms with Crippen molar-refractivity contribution in [2.24, 2.45) is 5.92 Å². The molecule has 2 aromatic rings. The smallest absolute Gasteiger partial charge is 0.256 e. The van der Waals surface area contributed by atoms with Crippen molar-refractivity contribution >= 4 is 46.8 Å². The van der Waals surface area contributed by atoms with E-state index in [0.29, 0.717) is 22.2 Å². The lowest BCUT2D eigenvalue weighted by atomic mass is 9.89. The van der Waals surface area contributed by atoms with E-state index in [2.05, 4.69) is 16.0 Å². The Kier molecular flexibility index (Phi) is 9.00. The monoisotopic (exact) mass is 473 g/mol. The molecule has 1 fully saturated rings. The number of carbonyl (C=O) groups excluding carboxylic acids is 3. The number of thioether (sulfide) groups is 1. The Morgan fingerprint density at radius 2 is 1.75 bits per heavy atom. The number of hydrogen-bond donors (Lipinski definition) is 3. The van der Waals surface area contributed by atoms with E-state index in [-0.39, 0.29) is 29.0 Å². The van der Waals surface area contributed by atoms with Crippen LogP contribution in [0, 0.1) is 5.92 Å². The largest absolute Gasteiger partial charge is 0.355 e. The van der Waals surface area contributed by atoms with Crippen molar-refractivity contribution in [2.45, 2.75) is 37.0 Å². The summed E-state index contributed by atoms with van der Waals surface area (Å²) in [6.45, 7) is 0.728. The number of anilines is 1. The third-order valence-corrected chi connectivity index (χ3v) is 6.90. The Morgan fingerprint density at radius 3 is 2.50 bits per heavy atom. The van der Waals surface area contributed by atoms with Gasteiger partial charge in [0.15, 0.2) is 0 Å². The lowest BCUT2D eigenvalue weighted by molar-refractivity contribution is -0.118. The summed E-state index contributed by atoms with van der Waals surface area (Å²) in [5.41, 5.74) is 1.21. The predicted molar refractivity (Wildman–Crippen MR) is 130 cm³/mol. The Hall–Kier alpha value is -2.51. The number of halogens is 1. The highest BCUT2D eigenvalue weighted by Crippen LogP contribution is 2.26. The summed E-state index contributed by atoms with van der Waals surface area (Å²) >= 11 is 7.42. The standard InChI is InChI=1S/C24H28ClN3O3S/c1-26-23(30)19-13-17(11-12-20(19)25)28-24(31)18-9-5-6-10-21(18)32-15-22(29)27-14-16-7-3-2-4-8-16/h5-6,9-13,16H,2-4,7-8,14-15H2,1H3,(H,26,30)(H,27,29)(H,28,31). The van der Waals surface area contributed by atoms with Gasteiger partial charge in [0, 0.05) is 24.2 Å². The maximum Gasteiger partial charge on any atom is 0.256 e. The first-order chi connectivity index (χ1) is 15.5. The van der Waals surface area contributed by atoms with Crippen LogP contribution in [0.1, 0.15) is 52.8 Å². The molecule has 3 amide bonds. The van der Waals surface area contributed by atoms with Crippen LogP contribution >= 0.6 is 23.4 Å². The van der Waals surface area contributed by atoms with Gasteiger partial charge in [-0.2, -0.15) is 0 Å². The van der Waals surface area contributed by atoms with Gasteiger partial charge >= 0.3 is 0 Å². The summed E-state index contributed by atoms with van der Waals surface area (Å²) in [7, 11) is 1.52. The molecule has 0 aromatic heterocycles. The van der Waals surface area contributed by atoms with E-state index in [1.807, 2.05) is 12.1 Å². The number of amides is 3. The average molecular weight is 474 g/mol. The zero-order chi connectivity index (χ0) is 22.9. The Balaban J connectivity index is 1.60. The highest BCUT2D eigenvalue weighted by atomic mass is 35.5. The topological polar surface area (TPSA) is 87.3 Å². The summed E-state index contributed by atoms with van der Waals surface area (Å²) in [4.78, 5) is 37.9. The van der Waals surface area contributed by atoms with Crippen LogP contribution in [0.15, 0.2) is 47.4 Å². The normalized spacial score (nSPS) is 13.9. The molecule has 0 aliphatic heterocycles. The molecule has 0 saturated heterocycles. The van der Waals surface area contributed by atoms with Crippen LogP contribution in [-0.4, -0.2) is 37.1 Å². The molecule has 32 heavy (non-hydrogen) atoms. The predicted octanol–water partition coefficient (Wildman–Crippen LogP) is 4.74. The minimum absolute atomic E-state index is 0.0243. The third-order valence-electron chi connectivity index (χ3n) is 5.50. The molecule has 8 heteroatoms. The van der Waals surface area contributed by atoms with Gasteiger partial charge in [-0.25, -0.2) is 0 Å². The SMILES string of the molecule is CNC(=O)c1cc(NC(=O)c2ccccc2SCC(=O)NCC2CCCCC2)ccc1Cl. The fourth-order valence-electron chi connectivity index (χ4n) is 3.73. The first-order valence-electron chi connectivity index (χ1n) is 10.8. The van der Waals surface area contributed by atoms with Crippen molar-refractivity contribution < 1.29 is 14.4 Å². The lowest BCUT2D eigenvalue weighted by Crippen LogP contribution is -2.31. The second-order valence-corrected chi connectivity index (χ2v) is 9.25. The van der Waals surface area contributed by atoms with Crippen LogP contribution in [0.2, 0.25) is 5.02 Å². The summed E-state index contributed by atoms with van der Waals surface area (Å²) < 4.78 is 0. The van der Waals surface area contributed by atoms with E-state index in [9.17, 15) is 14.4 Å². The van der Waals surface area contributed by atoms with Gasteiger partial charge in [0.2, 0.25) is 5.91 Å². The van der Waals surface area contributed by atoms with Gasteiger partial charge in [0.1, 0.15) is 0 Å². The number of hydrogen-bond acceptors (Lipinski definition) is 4. The molecule has 1 saturated carbocycles. The molecule has 3 N–H and O–H groups in total. The van der Waals surface area contributed by atoms with E-state index < -0.39 is 0 Å². The maximum absolute atomic E-state index is 12.9. The highest BCUT2D eigenvalue weighted by molar-refractivity contribution is 8.00. The van der Waals surface area contributed by atoms with Gasteiger partial charge in [-0.3, -0.25) is 14.4 Å². The molecule has 1 aliphatic carbocycles. The van der Waals surface area contributed by atoms with E-state index in [1.54, 1.807) is 24.3 Å².